The molecule has 0 heterocycles. The smallest absolute Gasteiger partial charge is 0.303 e. The fourth-order valence-electron chi connectivity index (χ4n) is 5.60. The zero-order valence-electron chi connectivity index (χ0n) is 26.9. The monoisotopic (exact) mass is 562 g/mol. The maximum absolute atomic E-state index is 10.7. The lowest BCUT2D eigenvalue weighted by atomic mass is 9.90. The number of rotatable bonds is 30. The van der Waals surface area contributed by atoms with Crippen LogP contribution in [0.3, 0.4) is 0 Å². The number of hydrogen-bond acceptors (Lipinski definition) is 2. The van der Waals surface area contributed by atoms with Gasteiger partial charge in [-0.3, -0.25) is 9.59 Å². The third-order valence-electron chi connectivity index (χ3n) is 8.09. The van der Waals surface area contributed by atoms with Crippen LogP contribution in [0, 0.1) is 0 Å². The molecule has 0 amide bonds. The summed E-state index contributed by atoms with van der Waals surface area (Å²) < 4.78 is 0. The molecular weight excluding hydrogens is 496 g/mol. The van der Waals surface area contributed by atoms with Gasteiger partial charge < -0.3 is 10.2 Å². The van der Waals surface area contributed by atoms with Crippen molar-refractivity contribution in [1.82, 2.24) is 0 Å². The molecule has 234 valence electrons. The lowest BCUT2D eigenvalue weighted by Crippen LogP contribution is -1.96. The van der Waals surface area contributed by atoms with Crippen LogP contribution in [0.5, 0.6) is 0 Å². The second-order valence-electron chi connectivity index (χ2n) is 12.2. The van der Waals surface area contributed by atoms with Gasteiger partial charge >= 0.3 is 11.9 Å². The van der Waals surface area contributed by atoms with E-state index >= 15 is 0 Å². The molecule has 0 aromatic carbocycles. The van der Waals surface area contributed by atoms with E-state index in [1.165, 1.54) is 134 Å². The minimum absolute atomic E-state index is 0.307. The molecule has 4 heteroatoms. The quantitative estimate of drug-likeness (QED) is 0.0674. The molecule has 0 bridgehead atoms. The first-order chi connectivity index (χ1) is 19.4. The third-order valence-corrected chi connectivity index (χ3v) is 8.09. The molecule has 0 aromatic rings. The maximum atomic E-state index is 10.7. The summed E-state index contributed by atoms with van der Waals surface area (Å²) in [6.45, 7) is 6.86. The van der Waals surface area contributed by atoms with Gasteiger partial charge in [-0.15, -0.1) is 0 Å². The molecule has 0 spiro atoms. The molecule has 0 rings (SSSR count). The standard InChI is InChI=1S/C36H66O4/c1-4-5-6-7-13-17-22-27-33(28-23-18-16-21-26-31-36(39)40)34(32(2)3)29-24-19-14-11-9-8-10-12-15-20-25-30-35(37)38/h27H,4-26,28-31H2,1-3H3,(H,37,38)(H,39,40). The van der Waals surface area contributed by atoms with Gasteiger partial charge in [0, 0.05) is 12.8 Å². The lowest BCUT2D eigenvalue weighted by Gasteiger charge is -2.16. The second kappa shape index (κ2) is 28.9. The molecule has 0 aliphatic heterocycles. The molecule has 0 saturated heterocycles. The number of allylic oxidation sites excluding steroid dienone is 4. The Labute approximate surface area is 248 Å². The summed E-state index contributed by atoms with van der Waals surface area (Å²) in [6, 6.07) is 0. The molecule has 0 saturated carbocycles. The Morgan fingerprint density at radius 3 is 1.23 bits per heavy atom. The van der Waals surface area contributed by atoms with Crippen molar-refractivity contribution in [3.05, 3.63) is 22.8 Å². The molecule has 0 radical (unpaired) electrons. The van der Waals surface area contributed by atoms with Crippen molar-refractivity contribution >= 4 is 11.9 Å². The lowest BCUT2D eigenvalue weighted by molar-refractivity contribution is -0.138. The summed E-state index contributed by atoms with van der Waals surface area (Å²) >= 11 is 0. The molecule has 0 atom stereocenters. The minimum Gasteiger partial charge on any atom is -0.481 e. The van der Waals surface area contributed by atoms with Gasteiger partial charge in [0.1, 0.15) is 0 Å². The van der Waals surface area contributed by atoms with Crippen molar-refractivity contribution in [1.29, 1.82) is 0 Å². The van der Waals surface area contributed by atoms with Gasteiger partial charge in [-0.25, -0.2) is 0 Å². The first-order valence-electron chi connectivity index (χ1n) is 17.2. The SMILES string of the molecule is CCCCCCCCC=C(CCCCCCCC(=O)O)C(CCCCCCCCCCCCCC(=O)O)=C(C)C. The fourth-order valence-corrected chi connectivity index (χ4v) is 5.60. The minimum atomic E-state index is -0.671. The molecule has 0 unspecified atom stereocenters. The van der Waals surface area contributed by atoms with Gasteiger partial charge in [0.15, 0.2) is 0 Å². The van der Waals surface area contributed by atoms with E-state index in [2.05, 4.69) is 26.8 Å². The van der Waals surface area contributed by atoms with Crippen molar-refractivity contribution in [2.45, 2.75) is 194 Å². The van der Waals surface area contributed by atoms with E-state index in [9.17, 15) is 9.59 Å². The maximum Gasteiger partial charge on any atom is 0.303 e. The Bertz CT molecular complexity index is 672. The number of aliphatic carboxylic acids is 2. The summed E-state index contributed by atoms with van der Waals surface area (Å²) in [5.74, 6) is -1.34. The summed E-state index contributed by atoms with van der Waals surface area (Å²) in [5.41, 5.74) is 4.70. The molecule has 0 aromatic heterocycles. The van der Waals surface area contributed by atoms with Gasteiger partial charge in [-0.2, -0.15) is 0 Å². The summed E-state index contributed by atoms with van der Waals surface area (Å²) in [4.78, 5) is 21.3. The fraction of sp³-hybridized carbons (Fsp3) is 0.833. The van der Waals surface area contributed by atoms with E-state index in [1.807, 2.05) is 0 Å². The molecule has 0 aliphatic carbocycles. The molecule has 0 aliphatic rings. The number of hydrogen-bond donors (Lipinski definition) is 2. The van der Waals surface area contributed by atoms with Crippen LogP contribution in [0.4, 0.5) is 0 Å². The predicted octanol–water partition coefficient (Wildman–Crippen LogP) is 12.0. The van der Waals surface area contributed by atoms with Gasteiger partial charge in [0.2, 0.25) is 0 Å². The molecular formula is C36H66O4. The van der Waals surface area contributed by atoms with Crippen LogP contribution in [0.15, 0.2) is 22.8 Å². The van der Waals surface area contributed by atoms with E-state index in [4.69, 9.17) is 10.2 Å². The Morgan fingerprint density at radius 1 is 0.475 bits per heavy atom. The highest BCUT2D eigenvalue weighted by Crippen LogP contribution is 2.28. The Balaban J connectivity index is 4.38. The van der Waals surface area contributed by atoms with E-state index in [1.54, 1.807) is 11.1 Å². The largest absolute Gasteiger partial charge is 0.481 e. The van der Waals surface area contributed by atoms with Crippen molar-refractivity contribution in [2.75, 3.05) is 0 Å². The number of carboxylic acid groups (broad SMARTS) is 2. The molecule has 40 heavy (non-hydrogen) atoms. The van der Waals surface area contributed by atoms with Gasteiger partial charge in [0.05, 0.1) is 0 Å². The van der Waals surface area contributed by atoms with Crippen LogP contribution >= 0.6 is 0 Å². The topological polar surface area (TPSA) is 74.6 Å². The second-order valence-corrected chi connectivity index (χ2v) is 12.2. The van der Waals surface area contributed by atoms with E-state index < -0.39 is 11.9 Å². The summed E-state index contributed by atoms with van der Waals surface area (Å²) in [6.07, 6.45) is 33.8. The van der Waals surface area contributed by atoms with Gasteiger partial charge in [0.25, 0.3) is 0 Å². The van der Waals surface area contributed by atoms with Crippen LogP contribution in [-0.2, 0) is 9.59 Å². The zero-order valence-corrected chi connectivity index (χ0v) is 26.9. The van der Waals surface area contributed by atoms with Crippen LogP contribution in [0.2, 0.25) is 0 Å². The van der Waals surface area contributed by atoms with Crippen LogP contribution < -0.4 is 0 Å². The van der Waals surface area contributed by atoms with Crippen LogP contribution in [0.25, 0.3) is 0 Å². The average molecular weight is 563 g/mol. The first kappa shape index (κ1) is 38.4. The Hall–Kier alpha value is -1.58. The van der Waals surface area contributed by atoms with Crippen molar-refractivity contribution in [2.24, 2.45) is 0 Å². The summed E-state index contributed by atoms with van der Waals surface area (Å²) in [5, 5.41) is 17.5. The highest BCUT2D eigenvalue weighted by atomic mass is 16.4. The third kappa shape index (κ3) is 26.6. The Kier molecular flexibility index (Phi) is 27.8. The number of carboxylic acids is 2. The highest BCUT2D eigenvalue weighted by Gasteiger charge is 2.08. The molecule has 4 nitrogen and oxygen atoms in total. The van der Waals surface area contributed by atoms with Crippen molar-refractivity contribution in [3.8, 4) is 0 Å². The number of carbonyl (C=O) groups is 2. The molecule has 2 N–H and O–H groups in total. The van der Waals surface area contributed by atoms with Crippen LogP contribution in [-0.4, -0.2) is 22.2 Å². The normalized spacial score (nSPS) is 11.6. The van der Waals surface area contributed by atoms with Crippen molar-refractivity contribution < 1.29 is 19.8 Å². The van der Waals surface area contributed by atoms with E-state index in [-0.39, 0.29) is 0 Å². The predicted molar refractivity (Wildman–Crippen MR) is 172 cm³/mol. The van der Waals surface area contributed by atoms with Gasteiger partial charge in [-0.05, 0) is 76.4 Å². The van der Waals surface area contributed by atoms with Crippen molar-refractivity contribution in [3.63, 3.8) is 0 Å². The highest BCUT2D eigenvalue weighted by molar-refractivity contribution is 5.66. The van der Waals surface area contributed by atoms with Crippen LogP contribution in [0.1, 0.15) is 194 Å². The first-order valence-corrected chi connectivity index (χ1v) is 17.2. The average Bonchev–Trinajstić information content (AvgIpc) is 2.90. The molecule has 0 fully saturated rings. The van der Waals surface area contributed by atoms with E-state index in [0.717, 1.165) is 32.1 Å². The Morgan fingerprint density at radius 2 is 0.825 bits per heavy atom. The van der Waals surface area contributed by atoms with Gasteiger partial charge in [-0.1, -0.05) is 128 Å². The number of unbranched alkanes of at least 4 members (excludes halogenated alkanes) is 20. The zero-order chi connectivity index (χ0) is 29.7. The summed E-state index contributed by atoms with van der Waals surface area (Å²) in [7, 11) is 0. The van der Waals surface area contributed by atoms with E-state index in [0.29, 0.717) is 12.8 Å².